The molecule has 0 spiro atoms. The number of rotatable bonds is 4. The first-order valence-electron chi connectivity index (χ1n) is 6.58. The minimum absolute atomic E-state index is 0.0877. The van der Waals surface area contributed by atoms with Gasteiger partial charge in [-0.15, -0.1) is 11.3 Å². The SMILES string of the molecule is C[C@H]1OCC[C@@H]1[S@@](=O)Cc1csc(-c2ccccn2)n1. The summed E-state index contributed by atoms with van der Waals surface area (Å²) in [6.07, 6.45) is 2.72. The molecule has 0 amide bonds. The molecular formula is C14H16N2O2S2. The minimum Gasteiger partial charge on any atom is -0.377 e. The second-order valence-corrected chi connectivity index (χ2v) is 7.30. The molecule has 106 valence electrons. The summed E-state index contributed by atoms with van der Waals surface area (Å²) in [5, 5.41) is 2.99. The van der Waals surface area contributed by atoms with E-state index in [1.54, 1.807) is 17.5 Å². The maximum atomic E-state index is 12.4. The van der Waals surface area contributed by atoms with E-state index in [4.69, 9.17) is 4.74 Å². The summed E-state index contributed by atoms with van der Waals surface area (Å²) < 4.78 is 17.8. The van der Waals surface area contributed by atoms with Crippen LogP contribution in [0.5, 0.6) is 0 Å². The molecule has 1 saturated heterocycles. The van der Waals surface area contributed by atoms with Crippen molar-refractivity contribution in [2.45, 2.75) is 30.5 Å². The Morgan fingerprint density at radius 2 is 2.40 bits per heavy atom. The van der Waals surface area contributed by atoms with E-state index in [2.05, 4.69) is 9.97 Å². The van der Waals surface area contributed by atoms with Gasteiger partial charge >= 0.3 is 0 Å². The highest BCUT2D eigenvalue weighted by Gasteiger charge is 2.29. The third-order valence-electron chi connectivity index (χ3n) is 3.37. The van der Waals surface area contributed by atoms with Crippen LogP contribution >= 0.6 is 11.3 Å². The van der Waals surface area contributed by atoms with Gasteiger partial charge in [0.05, 0.1) is 28.5 Å². The molecule has 0 aromatic carbocycles. The summed E-state index contributed by atoms with van der Waals surface area (Å²) in [5.41, 5.74) is 1.75. The van der Waals surface area contributed by atoms with E-state index in [-0.39, 0.29) is 11.4 Å². The van der Waals surface area contributed by atoms with Crippen LogP contribution in [0.15, 0.2) is 29.8 Å². The molecule has 0 saturated carbocycles. The van der Waals surface area contributed by atoms with E-state index >= 15 is 0 Å². The fourth-order valence-corrected chi connectivity index (χ4v) is 4.71. The van der Waals surface area contributed by atoms with Crippen molar-refractivity contribution in [3.05, 3.63) is 35.5 Å². The van der Waals surface area contributed by atoms with E-state index in [1.807, 2.05) is 30.5 Å². The predicted octanol–water partition coefficient (Wildman–Crippen LogP) is 2.63. The van der Waals surface area contributed by atoms with Crippen molar-refractivity contribution in [3.63, 3.8) is 0 Å². The Morgan fingerprint density at radius 1 is 1.50 bits per heavy atom. The van der Waals surface area contributed by atoms with Crippen molar-refractivity contribution in [1.82, 2.24) is 9.97 Å². The molecule has 6 heteroatoms. The molecule has 2 aromatic heterocycles. The summed E-state index contributed by atoms with van der Waals surface area (Å²) in [6.45, 7) is 2.71. The molecule has 3 atom stereocenters. The highest BCUT2D eigenvalue weighted by atomic mass is 32.2. The third kappa shape index (κ3) is 2.97. The van der Waals surface area contributed by atoms with Crippen LogP contribution in [0.2, 0.25) is 0 Å². The number of hydrogen-bond donors (Lipinski definition) is 0. The maximum absolute atomic E-state index is 12.4. The summed E-state index contributed by atoms with van der Waals surface area (Å²) in [5.74, 6) is 0.502. The zero-order valence-electron chi connectivity index (χ0n) is 11.2. The van der Waals surface area contributed by atoms with Gasteiger partial charge in [-0.3, -0.25) is 9.19 Å². The normalized spacial score (nSPS) is 23.9. The molecule has 0 unspecified atom stereocenters. The Labute approximate surface area is 124 Å². The highest BCUT2D eigenvalue weighted by Crippen LogP contribution is 2.25. The first kappa shape index (κ1) is 13.9. The zero-order chi connectivity index (χ0) is 13.9. The van der Waals surface area contributed by atoms with E-state index in [0.29, 0.717) is 12.4 Å². The number of aromatic nitrogens is 2. The Kier molecular flexibility index (Phi) is 4.24. The van der Waals surface area contributed by atoms with Gasteiger partial charge in [0.15, 0.2) is 0 Å². The largest absolute Gasteiger partial charge is 0.377 e. The Bertz CT molecular complexity index is 600. The van der Waals surface area contributed by atoms with Gasteiger partial charge in [0.2, 0.25) is 0 Å². The second-order valence-electron chi connectivity index (χ2n) is 4.79. The van der Waals surface area contributed by atoms with Crippen LogP contribution in [0.25, 0.3) is 10.7 Å². The lowest BCUT2D eigenvalue weighted by Gasteiger charge is -2.12. The minimum atomic E-state index is -0.921. The van der Waals surface area contributed by atoms with Crippen LogP contribution in [0.1, 0.15) is 19.0 Å². The molecular weight excluding hydrogens is 292 g/mol. The predicted molar refractivity (Wildman–Crippen MR) is 81.0 cm³/mol. The molecule has 0 N–H and O–H groups in total. The molecule has 1 fully saturated rings. The van der Waals surface area contributed by atoms with Crippen LogP contribution in [0.3, 0.4) is 0 Å². The summed E-state index contributed by atoms with van der Waals surface area (Å²) >= 11 is 1.55. The average molecular weight is 308 g/mol. The topological polar surface area (TPSA) is 52.1 Å². The quantitative estimate of drug-likeness (QED) is 0.871. The number of pyridine rings is 1. The Hall–Kier alpha value is -1.11. The van der Waals surface area contributed by atoms with Crippen molar-refractivity contribution in [1.29, 1.82) is 0 Å². The lowest BCUT2D eigenvalue weighted by Crippen LogP contribution is -2.24. The van der Waals surface area contributed by atoms with Gasteiger partial charge in [-0.1, -0.05) is 6.07 Å². The van der Waals surface area contributed by atoms with Gasteiger partial charge in [-0.25, -0.2) is 4.98 Å². The summed E-state index contributed by atoms with van der Waals surface area (Å²) in [6, 6.07) is 5.76. The summed E-state index contributed by atoms with van der Waals surface area (Å²) in [7, 11) is -0.921. The van der Waals surface area contributed by atoms with E-state index in [1.165, 1.54) is 0 Å². The second kappa shape index (κ2) is 6.11. The van der Waals surface area contributed by atoms with Crippen LogP contribution in [-0.2, 0) is 21.3 Å². The maximum Gasteiger partial charge on any atom is 0.142 e. The van der Waals surface area contributed by atoms with Crippen molar-refractivity contribution in [2.75, 3.05) is 6.61 Å². The van der Waals surface area contributed by atoms with E-state index < -0.39 is 10.8 Å². The van der Waals surface area contributed by atoms with Crippen molar-refractivity contribution < 1.29 is 8.95 Å². The van der Waals surface area contributed by atoms with Gasteiger partial charge in [0.1, 0.15) is 5.01 Å². The zero-order valence-corrected chi connectivity index (χ0v) is 12.8. The molecule has 4 nitrogen and oxygen atoms in total. The van der Waals surface area contributed by atoms with Crippen LogP contribution in [-0.4, -0.2) is 32.1 Å². The molecule has 0 bridgehead atoms. The first-order chi connectivity index (χ1) is 9.74. The fourth-order valence-electron chi connectivity index (χ4n) is 2.29. The van der Waals surface area contributed by atoms with Gasteiger partial charge in [-0.2, -0.15) is 0 Å². The van der Waals surface area contributed by atoms with Crippen LogP contribution in [0, 0.1) is 0 Å². The smallest absolute Gasteiger partial charge is 0.142 e. The van der Waals surface area contributed by atoms with E-state index in [9.17, 15) is 4.21 Å². The number of nitrogens with zero attached hydrogens (tertiary/aromatic N) is 2. The Balaban J connectivity index is 1.70. The van der Waals surface area contributed by atoms with Gasteiger partial charge in [0.25, 0.3) is 0 Å². The lowest BCUT2D eigenvalue weighted by molar-refractivity contribution is 0.127. The average Bonchev–Trinajstić information content (AvgIpc) is 3.09. The number of thiazole rings is 1. The van der Waals surface area contributed by atoms with Gasteiger partial charge in [0, 0.05) is 29.0 Å². The molecule has 1 aliphatic heterocycles. The fraction of sp³-hybridized carbons (Fsp3) is 0.429. The van der Waals surface area contributed by atoms with Gasteiger partial charge < -0.3 is 4.74 Å². The molecule has 20 heavy (non-hydrogen) atoms. The highest BCUT2D eigenvalue weighted by molar-refractivity contribution is 7.84. The van der Waals surface area contributed by atoms with Crippen LogP contribution < -0.4 is 0 Å². The summed E-state index contributed by atoms with van der Waals surface area (Å²) in [4.78, 5) is 8.82. The molecule has 0 aliphatic carbocycles. The molecule has 0 radical (unpaired) electrons. The molecule has 3 heterocycles. The van der Waals surface area contributed by atoms with E-state index in [0.717, 1.165) is 22.8 Å². The standard InChI is InChI=1S/C14H16N2O2S2/c1-10-13(5-7-18-10)20(17)9-11-8-19-14(16-11)12-4-2-3-6-15-12/h2-4,6,8,10,13H,5,7,9H2,1H3/t10-,13+,20+/m1/s1. The van der Waals surface area contributed by atoms with Gasteiger partial charge in [-0.05, 0) is 25.5 Å². The first-order valence-corrected chi connectivity index (χ1v) is 8.85. The van der Waals surface area contributed by atoms with Crippen LogP contribution in [0.4, 0.5) is 0 Å². The lowest BCUT2D eigenvalue weighted by atomic mass is 10.3. The molecule has 2 aromatic rings. The van der Waals surface area contributed by atoms with Crippen molar-refractivity contribution in [3.8, 4) is 10.7 Å². The number of ether oxygens (including phenoxy) is 1. The Morgan fingerprint density at radius 3 is 3.10 bits per heavy atom. The molecule has 3 rings (SSSR count). The molecule has 1 aliphatic rings. The monoisotopic (exact) mass is 308 g/mol. The van der Waals surface area contributed by atoms with Crippen molar-refractivity contribution in [2.24, 2.45) is 0 Å². The third-order valence-corrected chi connectivity index (χ3v) is 6.16. The van der Waals surface area contributed by atoms with Crippen molar-refractivity contribution >= 4 is 22.1 Å². The number of hydrogen-bond acceptors (Lipinski definition) is 5.